The molecule has 0 amide bonds. The first-order valence-electron chi connectivity index (χ1n) is 10.0. The minimum Gasteiger partial charge on any atom is -0.389 e. The van der Waals surface area contributed by atoms with E-state index in [4.69, 9.17) is 0 Å². The highest BCUT2D eigenvalue weighted by Crippen LogP contribution is 2.67. The van der Waals surface area contributed by atoms with E-state index in [-0.39, 0.29) is 16.7 Å². The van der Waals surface area contributed by atoms with Gasteiger partial charge in [-0.2, -0.15) is 0 Å². The molecule has 24 heavy (non-hydrogen) atoms. The van der Waals surface area contributed by atoms with Crippen molar-refractivity contribution in [1.82, 2.24) is 0 Å². The number of rotatable bonds is 1. The molecule has 4 fully saturated rings. The van der Waals surface area contributed by atoms with Gasteiger partial charge in [0.1, 0.15) is 11.6 Å². The second-order valence-corrected chi connectivity index (χ2v) is 9.76. The molecule has 0 aromatic rings. The van der Waals surface area contributed by atoms with Gasteiger partial charge in [-0.1, -0.05) is 20.8 Å². The fourth-order valence-corrected chi connectivity index (χ4v) is 7.53. The van der Waals surface area contributed by atoms with E-state index in [1.807, 2.05) is 0 Å². The molecule has 0 aromatic heterocycles. The third kappa shape index (κ3) is 1.94. The Kier molecular flexibility index (Phi) is 3.60. The van der Waals surface area contributed by atoms with Gasteiger partial charge in [0, 0.05) is 30.6 Å². The fraction of sp³-hybridized carbons (Fsp3) is 0.905. The second-order valence-electron chi connectivity index (χ2n) is 9.76. The van der Waals surface area contributed by atoms with E-state index in [1.54, 1.807) is 0 Å². The van der Waals surface area contributed by atoms with E-state index in [1.165, 1.54) is 0 Å². The summed E-state index contributed by atoms with van der Waals surface area (Å²) in [6.45, 7) is 6.54. The predicted molar refractivity (Wildman–Crippen MR) is 92.4 cm³/mol. The number of fused-ring (bicyclic) bond motifs is 5. The number of Topliss-reactive ketones (excluding diaryl/α,β-unsaturated/α-hetero) is 2. The quantitative estimate of drug-likeness (QED) is 0.792. The van der Waals surface area contributed by atoms with Gasteiger partial charge in [0.15, 0.2) is 0 Å². The molecule has 134 valence electrons. The molecule has 1 unspecified atom stereocenters. The molecule has 0 bridgehead atoms. The topological polar surface area (TPSA) is 54.4 Å². The van der Waals surface area contributed by atoms with Crippen LogP contribution in [0.2, 0.25) is 0 Å². The summed E-state index contributed by atoms with van der Waals surface area (Å²) in [5.74, 6) is 2.20. The van der Waals surface area contributed by atoms with Gasteiger partial charge in [-0.15, -0.1) is 0 Å². The number of carbonyl (C=O) groups is 2. The van der Waals surface area contributed by atoms with Gasteiger partial charge in [-0.25, -0.2) is 0 Å². The van der Waals surface area contributed by atoms with Gasteiger partial charge < -0.3 is 5.11 Å². The molecule has 0 heterocycles. The Bertz CT molecular complexity index is 584. The lowest BCUT2D eigenvalue weighted by Crippen LogP contribution is -2.60. The third-order valence-electron chi connectivity index (χ3n) is 9.08. The highest BCUT2D eigenvalue weighted by atomic mass is 16.3. The average Bonchev–Trinajstić information content (AvgIpc) is 2.79. The number of carbonyl (C=O) groups excluding carboxylic acids is 2. The number of aliphatic hydroxyl groups is 1. The van der Waals surface area contributed by atoms with Crippen LogP contribution in [0.4, 0.5) is 0 Å². The van der Waals surface area contributed by atoms with Crippen molar-refractivity contribution in [2.75, 3.05) is 0 Å². The van der Waals surface area contributed by atoms with Crippen LogP contribution in [0.3, 0.4) is 0 Å². The Hall–Kier alpha value is -0.700. The normalized spacial score (nSPS) is 54.2. The van der Waals surface area contributed by atoms with Gasteiger partial charge in [0.25, 0.3) is 0 Å². The highest BCUT2D eigenvalue weighted by molar-refractivity contribution is 5.86. The third-order valence-corrected chi connectivity index (χ3v) is 9.08. The van der Waals surface area contributed by atoms with Crippen LogP contribution in [0.15, 0.2) is 0 Å². The lowest BCUT2D eigenvalue weighted by Gasteiger charge is -2.60. The van der Waals surface area contributed by atoms with Gasteiger partial charge >= 0.3 is 0 Å². The van der Waals surface area contributed by atoms with Gasteiger partial charge in [0.05, 0.1) is 5.60 Å². The minimum absolute atomic E-state index is 0.0160. The summed E-state index contributed by atoms with van der Waals surface area (Å²) in [5, 5.41) is 11.2. The number of hydrogen-bond acceptors (Lipinski definition) is 3. The van der Waals surface area contributed by atoms with Crippen molar-refractivity contribution in [3.8, 4) is 0 Å². The summed E-state index contributed by atoms with van der Waals surface area (Å²) in [7, 11) is 0. The van der Waals surface area contributed by atoms with Crippen LogP contribution in [0, 0.1) is 34.5 Å². The Balaban J connectivity index is 1.71. The lowest BCUT2D eigenvalue weighted by atomic mass is 9.44. The van der Waals surface area contributed by atoms with E-state index >= 15 is 0 Å². The summed E-state index contributed by atoms with van der Waals surface area (Å²) < 4.78 is 0. The van der Waals surface area contributed by atoms with Crippen LogP contribution in [0.25, 0.3) is 0 Å². The molecule has 3 heteroatoms. The van der Waals surface area contributed by atoms with Crippen molar-refractivity contribution in [1.29, 1.82) is 0 Å². The monoisotopic (exact) mass is 332 g/mol. The molecule has 4 rings (SSSR count). The first kappa shape index (κ1) is 16.8. The van der Waals surface area contributed by atoms with Crippen molar-refractivity contribution in [3.63, 3.8) is 0 Å². The molecule has 0 spiro atoms. The number of ketones is 2. The van der Waals surface area contributed by atoms with E-state index < -0.39 is 5.60 Å². The molecule has 0 aromatic carbocycles. The summed E-state index contributed by atoms with van der Waals surface area (Å²) in [6.07, 6.45) is 7.61. The smallest absolute Gasteiger partial charge is 0.137 e. The highest BCUT2D eigenvalue weighted by Gasteiger charge is 2.66. The van der Waals surface area contributed by atoms with Crippen LogP contribution in [-0.4, -0.2) is 22.3 Å². The van der Waals surface area contributed by atoms with Crippen LogP contribution >= 0.6 is 0 Å². The molecule has 4 saturated carbocycles. The Morgan fingerprint density at radius 2 is 1.88 bits per heavy atom. The maximum absolute atomic E-state index is 13.3. The zero-order chi connectivity index (χ0) is 17.3. The molecule has 4 aliphatic rings. The second kappa shape index (κ2) is 5.16. The van der Waals surface area contributed by atoms with Crippen LogP contribution in [0.1, 0.15) is 78.6 Å². The van der Waals surface area contributed by atoms with E-state index in [0.29, 0.717) is 48.6 Å². The Morgan fingerprint density at radius 1 is 1.12 bits per heavy atom. The summed E-state index contributed by atoms with van der Waals surface area (Å²) >= 11 is 0. The lowest BCUT2D eigenvalue weighted by molar-refractivity contribution is -0.173. The van der Waals surface area contributed by atoms with Crippen molar-refractivity contribution >= 4 is 11.6 Å². The van der Waals surface area contributed by atoms with Crippen molar-refractivity contribution < 1.29 is 14.7 Å². The first-order valence-corrected chi connectivity index (χ1v) is 10.0. The SMILES string of the molecule is CC[C@@]1(O)CC[C@H]2[C@@H]3CCC4CC(=O)CC[C@]4(C)[C@H]3C(=O)C[C@@]21C. The van der Waals surface area contributed by atoms with E-state index in [2.05, 4.69) is 20.8 Å². The maximum atomic E-state index is 13.3. The van der Waals surface area contributed by atoms with Crippen LogP contribution < -0.4 is 0 Å². The molecular formula is C21H32O3. The van der Waals surface area contributed by atoms with Gasteiger partial charge in [-0.05, 0) is 61.7 Å². The van der Waals surface area contributed by atoms with Gasteiger partial charge in [-0.3, -0.25) is 9.59 Å². The standard InChI is InChI=1S/C21H32O3/c1-4-21(24)10-8-16-15-6-5-13-11-14(22)7-9-19(13,2)18(15)17(23)12-20(16,21)3/h13,15-16,18,24H,4-12H2,1-3H3/t13?,15-,16-,18+,19-,20-,21+/m0/s1. The van der Waals surface area contributed by atoms with E-state index in [9.17, 15) is 14.7 Å². The zero-order valence-electron chi connectivity index (χ0n) is 15.4. The molecular weight excluding hydrogens is 300 g/mol. The molecule has 7 atom stereocenters. The Labute approximate surface area is 145 Å². The molecule has 1 N–H and O–H groups in total. The van der Waals surface area contributed by atoms with Gasteiger partial charge in [0.2, 0.25) is 0 Å². The largest absolute Gasteiger partial charge is 0.389 e. The van der Waals surface area contributed by atoms with E-state index in [0.717, 1.165) is 38.5 Å². The van der Waals surface area contributed by atoms with Crippen molar-refractivity contribution in [3.05, 3.63) is 0 Å². The minimum atomic E-state index is -0.668. The summed E-state index contributed by atoms with van der Waals surface area (Å²) in [5.41, 5.74) is -0.894. The molecule has 0 saturated heterocycles. The Morgan fingerprint density at radius 3 is 2.58 bits per heavy atom. The zero-order valence-corrected chi connectivity index (χ0v) is 15.4. The van der Waals surface area contributed by atoms with Crippen LogP contribution in [0.5, 0.6) is 0 Å². The predicted octanol–water partition coefficient (Wildman–Crippen LogP) is 3.92. The van der Waals surface area contributed by atoms with Crippen molar-refractivity contribution in [2.45, 2.75) is 84.2 Å². The maximum Gasteiger partial charge on any atom is 0.137 e. The van der Waals surface area contributed by atoms with Crippen molar-refractivity contribution in [2.24, 2.45) is 34.5 Å². The molecule has 0 aliphatic heterocycles. The van der Waals surface area contributed by atoms with Crippen LogP contribution in [-0.2, 0) is 9.59 Å². The molecule has 4 aliphatic carbocycles. The summed E-state index contributed by atoms with van der Waals surface area (Å²) in [6, 6.07) is 0. The average molecular weight is 332 g/mol. The fourth-order valence-electron chi connectivity index (χ4n) is 7.53. The molecule has 0 radical (unpaired) electrons. The first-order chi connectivity index (χ1) is 11.2. The molecule has 3 nitrogen and oxygen atoms in total. The summed E-state index contributed by atoms with van der Waals surface area (Å²) in [4.78, 5) is 25.3. The number of hydrogen-bond donors (Lipinski definition) is 1.